The number of likely N-dealkylation sites (tertiary alicyclic amines) is 1. The Hall–Kier alpha value is -1.93. The smallest absolute Gasteiger partial charge is 0.351 e. The Kier molecular flexibility index (Phi) is 6.16. The van der Waals surface area contributed by atoms with Gasteiger partial charge in [-0.3, -0.25) is 4.79 Å². The maximum atomic E-state index is 12.8. The van der Waals surface area contributed by atoms with E-state index >= 15 is 0 Å². The van der Waals surface area contributed by atoms with Gasteiger partial charge in [0.15, 0.2) is 0 Å². The Labute approximate surface area is 160 Å². The number of thiazole rings is 1. The number of halogens is 3. The van der Waals surface area contributed by atoms with Crippen molar-refractivity contribution in [1.82, 2.24) is 15.2 Å². The summed E-state index contributed by atoms with van der Waals surface area (Å²) in [5.41, 5.74) is -0.115. The largest absolute Gasteiger partial charge is 0.416 e. The van der Waals surface area contributed by atoms with E-state index in [2.05, 4.69) is 22.2 Å². The van der Waals surface area contributed by atoms with E-state index in [1.54, 1.807) is 11.4 Å². The zero-order chi connectivity index (χ0) is 19.4. The maximum absolute atomic E-state index is 12.8. The van der Waals surface area contributed by atoms with E-state index in [-0.39, 0.29) is 11.6 Å². The third-order valence-electron chi connectivity index (χ3n) is 4.85. The zero-order valence-corrected chi connectivity index (χ0v) is 15.9. The summed E-state index contributed by atoms with van der Waals surface area (Å²) >= 11 is 1.17. The van der Waals surface area contributed by atoms with E-state index < -0.39 is 11.7 Å². The summed E-state index contributed by atoms with van der Waals surface area (Å²) < 4.78 is 38.5. The number of alkyl halides is 3. The molecule has 1 fully saturated rings. The van der Waals surface area contributed by atoms with Crippen molar-refractivity contribution in [2.24, 2.45) is 5.92 Å². The second kappa shape index (κ2) is 8.39. The molecule has 1 N–H and O–H groups in total. The van der Waals surface area contributed by atoms with Crippen molar-refractivity contribution >= 4 is 17.2 Å². The Morgan fingerprint density at radius 1 is 1.33 bits per heavy atom. The first-order valence-corrected chi connectivity index (χ1v) is 9.81. The minimum Gasteiger partial charge on any atom is -0.351 e. The van der Waals surface area contributed by atoms with Gasteiger partial charge in [0, 0.05) is 17.5 Å². The number of carbonyl (C=O) groups excluding carboxylic acids is 1. The van der Waals surface area contributed by atoms with Crippen molar-refractivity contribution in [2.75, 3.05) is 26.7 Å². The highest BCUT2D eigenvalue weighted by Gasteiger charge is 2.30. The lowest BCUT2D eigenvalue weighted by atomic mass is 9.94. The van der Waals surface area contributed by atoms with Crippen LogP contribution in [0.3, 0.4) is 0 Å². The molecule has 1 saturated heterocycles. The van der Waals surface area contributed by atoms with Gasteiger partial charge in [-0.2, -0.15) is 13.2 Å². The maximum Gasteiger partial charge on any atom is 0.416 e. The van der Waals surface area contributed by atoms with Crippen LogP contribution in [0.1, 0.15) is 35.3 Å². The van der Waals surface area contributed by atoms with Crippen molar-refractivity contribution < 1.29 is 18.0 Å². The fourth-order valence-corrected chi connectivity index (χ4v) is 3.97. The molecule has 27 heavy (non-hydrogen) atoms. The Morgan fingerprint density at radius 2 is 2.07 bits per heavy atom. The molecule has 146 valence electrons. The average molecular weight is 397 g/mol. The number of hydrogen-bond donors (Lipinski definition) is 1. The second-order valence-corrected chi connectivity index (χ2v) is 7.77. The van der Waals surface area contributed by atoms with Crippen LogP contribution in [-0.4, -0.2) is 42.5 Å². The van der Waals surface area contributed by atoms with Gasteiger partial charge in [-0.25, -0.2) is 4.98 Å². The molecule has 1 amide bonds. The van der Waals surface area contributed by atoms with Crippen molar-refractivity contribution in [3.63, 3.8) is 0 Å². The summed E-state index contributed by atoms with van der Waals surface area (Å²) in [7, 11) is 2.11. The third kappa shape index (κ3) is 5.29. The van der Waals surface area contributed by atoms with Crippen LogP contribution in [0.15, 0.2) is 29.6 Å². The topological polar surface area (TPSA) is 45.2 Å². The molecule has 0 radical (unpaired) electrons. The van der Waals surface area contributed by atoms with E-state index in [1.165, 1.54) is 17.4 Å². The Balaban J connectivity index is 1.56. The van der Waals surface area contributed by atoms with Gasteiger partial charge in [0.05, 0.1) is 5.56 Å². The SMILES string of the molecule is CN1CCC(CCNC(=O)c2csc(-c3cccc(C(F)(F)F)c3)n2)CC1. The molecule has 1 aliphatic heterocycles. The highest BCUT2D eigenvalue weighted by Crippen LogP contribution is 2.33. The van der Waals surface area contributed by atoms with Crippen molar-refractivity contribution in [3.05, 3.63) is 40.9 Å². The van der Waals surface area contributed by atoms with Crippen LogP contribution in [0.25, 0.3) is 10.6 Å². The summed E-state index contributed by atoms with van der Waals surface area (Å²) in [5.74, 6) is 0.343. The van der Waals surface area contributed by atoms with E-state index in [1.807, 2.05) is 0 Å². The summed E-state index contributed by atoms with van der Waals surface area (Å²) in [6.45, 7) is 2.76. The Morgan fingerprint density at radius 3 is 2.78 bits per heavy atom. The number of nitrogens with one attached hydrogen (secondary N) is 1. The van der Waals surface area contributed by atoms with Gasteiger partial charge in [0.1, 0.15) is 10.7 Å². The number of piperidine rings is 1. The molecule has 1 aliphatic rings. The lowest BCUT2D eigenvalue weighted by Crippen LogP contribution is -2.32. The van der Waals surface area contributed by atoms with Crippen LogP contribution in [0, 0.1) is 5.92 Å². The van der Waals surface area contributed by atoms with Crippen LogP contribution in [0.2, 0.25) is 0 Å². The number of hydrogen-bond acceptors (Lipinski definition) is 4. The minimum absolute atomic E-state index is 0.246. The number of carbonyl (C=O) groups is 1. The van der Waals surface area contributed by atoms with Crippen molar-refractivity contribution in [2.45, 2.75) is 25.4 Å². The molecular formula is C19H22F3N3OS. The number of rotatable bonds is 5. The molecule has 3 rings (SSSR count). The van der Waals surface area contributed by atoms with Crippen LogP contribution in [0.5, 0.6) is 0 Å². The van der Waals surface area contributed by atoms with Gasteiger partial charge in [-0.1, -0.05) is 12.1 Å². The first-order chi connectivity index (χ1) is 12.8. The predicted molar refractivity (Wildman–Crippen MR) is 99.7 cm³/mol. The molecule has 2 aromatic rings. The van der Waals surface area contributed by atoms with Crippen LogP contribution < -0.4 is 5.32 Å². The molecule has 0 unspecified atom stereocenters. The van der Waals surface area contributed by atoms with Crippen LogP contribution in [0.4, 0.5) is 13.2 Å². The van der Waals surface area contributed by atoms with E-state index in [9.17, 15) is 18.0 Å². The number of amides is 1. The molecule has 0 saturated carbocycles. The fraction of sp³-hybridized carbons (Fsp3) is 0.474. The molecule has 0 aliphatic carbocycles. The van der Waals surface area contributed by atoms with Gasteiger partial charge >= 0.3 is 6.18 Å². The van der Waals surface area contributed by atoms with Gasteiger partial charge in [0.2, 0.25) is 0 Å². The van der Waals surface area contributed by atoms with Crippen molar-refractivity contribution in [1.29, 1.82) is 0 Å². The molecule has 0 spiro atoms. The van der Waals surface area contributed by atoms with Crippen LogP contribution >= 0.6 is 11.3 Å². The molecule has 0 atom stereocenters. The molecule has 4 nitrogen and oxygen atoms in total. The summed E-state index contributed by atoms with van der Waals surface area (Å²) in [4.78, 5) is 18.8. The lowest BCUT2D eigenvalue weighted by molar-refractivity contribution is -0.137. The fourth-order valence-electron chi connectivity index (χ4n) is 3.17. The lowest BCUT2D eigenvalue weighted by Gasteiger charge is -2.28. The third-order valence-corrected chi connectivity index (χ3v) is 5.74. The van der Waals surface area contributed by atoms with Gasteiger partial charge < -0.3 is 10.2 Å². The monoisotopic (exact) mass is 397 g/mol. The van der Waals surface area contributed by atoms with Gasteiger partial charge in [-0.15, -0.1) is 11.3 Å². The Bertz CT molecular complexity index is 783. The minimum atomic E-state index is -4.40. The predicted octanol–water partition coefficient (Wildman–Crippen LogP) is 4.29. The summed E-state index contributed by atoms with van der Waals surface area (Å²) in [6, 6.07) is 4.99. The quantitative estimate of drug-likeness (QED) is 0.819. The average Bonchev–Trinajstić information content (AvgIpc) is 3.13. The standard InChI is InChI=1S/C19H22F3N3OS/c1-25-9-6-13(7-10-25)5-8-23-17(26)16-12-27-18(24-16)14-3-2-4-15(11-14)19(20,21)22/h2-4,11-13H,5-10H2,1H3,(H,23,26). The first-order valence-electron chi connectivity index (χ1n) is 8.93. The molecular weight excluding hydrogens is 375 g/mol. The summed E-state index contributed by atoms with van der Waals surface area (Å²) in [6.07, 6.45) is -1.18. The van der Waals surface area contributed by atoms with Gasteiger partial charge in [0.25, 0.3) is 5.91 Å². The summed E-state index contributed by atoms with van der Waals surface area (Å²) in [5, 5.41) is 4.86. The van der Waals surface area contributed by atoms with E-state index in [4.69, 9.17) is 0 Å². The second-order valence-electron chi connectivity index (χ2n) is 6.91. The van der Waals surface area contributed by atoms with Crippen molar-refractivity contribution in [3.8, 4) is 10.6 Å². The molecule has 8 heteroatoms. The number of nitrogens with zero attached hydrogens (tertiary/aromatic N) is 2. The van der Waals surface area contributed by atoms with E-state index in [0.29, 0.717) is 23.0 Å². The van der Waals surface area contributed by atoms with Crippen LogP contribution in [-0.2, 0) is 6.18 Å². The highest BCUT2D eigenvalue weighted by molar-refractivity contribution is 7.13. The highest BCUT2D eigenvalue weighted by atomic mass is 32.1. The molecule has 2 heterocycles. The molecule has 1 aromatic heterocycles. The normalized spacial score (nSPS) is 16.4. The zero-order valence-electron chi connectivity index (χ0n) is 15.1. The number of benzene rings is 1. The molecule has 0 bridgehead atoms. The molecule has 1 aromatic carbocycles. The first kappa shape index (κ1) is 19.8. The number of aromatic nitrogens is 1. The van der Waals surface area contributed by atoms with E-state index in [0.717, 1.165) is 44.5 Å². The van der Waals surface area contributed by atoms with Gasteiger partial charge in [-0.05, 0) is 57.5 Å².